The minimum Gasteiger partial charge on any atom is -0.349 e. The van der Waals surface area contributed by atoms with Crippen molar-refractivity contribution < 1.29 is 14.4 Å². The zero-order valence-electron chi connectivity index (χ0n) is 12.6. The maximum absolute atomic E-state index is 12.0. The van der Waals surface area contributed by atoms with Crippen LogP contribution in [0, 0.1) is 13.8 Å². The summed E-state index contributed by atoms with van der Waals surface area (Å²) in [4.78, 5) is 38.5. The third-order valence-electron chi connectivity index (χ3n) is 3.64. The van der Waals surface area contributed by atoms with E-state index in [-0.39, 0.29) is 49.6 Å². The summed E-state index contributed by atoms with van der Waals surface area (Å²) in [5, 5.41) is 2.92. The molecule has 1 saturated heterocycles. The predicted molar refractivity (Wildman–Crippen MR) is 80.9 cm³/mol. The van der Waals surface area contributed by atoms with Crippen LogP contribution in [0.3, 0.4) is 0 Å². The molecule has 1 aliphatic rings. The molecule has 1 N–H and O–H groups in total. The number of likely N-dealkylation sites (tertiary alicyclic amines) is 1. The molecule has 5 nitrogen and oxygen atoms in total. The number of nitrogens with one attached hydrogen (secondary N) is 1. The Bertz CT molecular complexity index is 563. The van der Waals surface area contributed by atoms with Crippen LogP contribution in [0.2, 0.25) is 0 Å². The SMILES string of the molecule is Cc1cc([C@H](C)NC(=O)CCN2C(=O)CCC2=O)c(C)s1. The molecule has 1 aliphatic heterocycles. The number of rotatable bonds is 5. The second kappa shape index (κ2) is 6.39. The highest BCUT2D eigenvalue weighted by molar-refractivity contribution is 7.12. The van der Waals surface area contributed by atoms with Gasteiger partial charge in [-0.2, -0.15) is 0 Å². The minimum absolute atomic E-state index is 0.0626. The normalized spacial score (nSPS) is 16.4. The summed E-state index contributed by atoms with van der Waals surface area (Å²) >= 11 is 1.71. The van der Waals surface area contributed by atoms with Crippen molar-refractivity contribution in [1.82, 2.24) is 10.2 Å². The Kier molecular flexibility index (Phi) is 4.77. The summed E-state index contributed by atoms with van der Waals surface area (Å²) in [6.07, 6.45) is 0.693. The Morgan fingerprint density at radius 2 is 1.95 bits per heavy atom. The molecule has 0 aromatic carbocycles. The van der Waals surface area contributed by atoms with Crippen molar-refractivity contribution in [1.29, 1.82) is 0 Å². The highest BCUT2D eigenvalue weighted by atomic mass is 32.1. The fourth-order valence-electron chi connectivity index (χ4n) is 2.56. The highest BCUT2D eigenvalue weighted by Gasteiger charge is 2.28. The molecule has 6 heteroatoms. The molecule has 0 aliphatic carbocycles. The molecule has 0 bridgehead atoms. The van der Waals surface area contributed by atoms with E-state index in [1.165, 1.54) is 14.7 Å². The van der Waals surface area contributed by atoms with Crippen LogP contribution in [0.5, 0.6) is 0 Å². The van der Waals surface area contributed by atoms with Crippen LogP contribution < -0.4 is 5.32 Å². The van der Waals surface area contributed by atoms with E-state index in [1.807, 2.05) is 20.8 Å². The van der Waals surface area contributed by atoms with Crippen LogP contribution in [0.4, 0.5) is 0 Å². The molecule has 2 heterocycles. The summed E-state index contributed by atoms with van der Waals surface area (Å²) in [5.74, 6) is -0.492. The van der Waals surface area contributed by atoms with Gasteiger partial charge in [0.05, 0.1) is 6.04 Å². The maximum Gasteiger partial charge on any atom is 0.229 e. The van der Waals surface area contributed by atoms with Gasteiger partial charge in [-0.3, -0.25) is 19.3 Å². The highest BCUT2D eigenvalue weighted by Crippen LogP contribution is 2.26. The van der Waals surface area contributed by atoms with Crippen LogP contribution in [-0.4, -0.2) is 29.2 Å². The zero-order chi connectivity index (χ0) is 15.6. The Morgan fingerprint density at radius 3 is 2.48 bits per heavy atom. The molecule has 1 atom stereocenters. The van der Waals surface area contributed by atoms with Gasteiger partial charge in [-0.05, 0) is 32.4 Å². The fraction of sp³-hybridized carbons (Fsp3) is 0.533. The Balaban J connectivity index is 1.86. The van der Waals surface area contributed by atoms with E-state index >= 15 is 0 Å². The summed E-state index contributed by atoms with van der Waals surface area (Å²) in [6.45, 7) is 6.20. The minimum atomic E-state index is -0.176. The monoisotopic (exact) mass is 308 g/mol. The number of carbonyl (C=O) groups excluding carboxylic acids is 3. The molecule has 0 spiro atoms. The number of nitrogens with zero attached hydrogens (tertiary/aromatic N) is 1. The fourth-order valence-corrected chi connectivity index (χ4v) is 3.58. The molecule has 114 valence electrons. The molecular formula is C15H20N2O3S. The van der Waals surface area contributed by atoms with Crippen molar-refractivity contribution in [3.05, 3.63) is 21.4 Å². The van der Waals surface area contributed by atoms with Gasteiger partial charge in [0, 0.05) is 35.6 Å². The summed E-state index contributed by atoms with van der Waals surface area (Å²) in [7, 11) is 0. The van der Waals surface area contributed by atoms with Gasteiger partial charge in [0.25, 0.3) is 0 Å². The van der Waals surface area contributed by atoms with Gasteiger partial charge in [-0.1, -0.05) is 0 Å². The van der Waals surface area contributed by atoms with Gasteiger partial charge in [0.15, 0.2) is 0 Å². The summed E-state index contributed by atoms with van der Waals surface area (Å²) < 4.78 is 0. The lowest BCUT2D eigenvalue weighted by molar-refractivity contribution is -0.138. The van der Waals surface area contributed by atoms with Gasteiger partial charge in [-0.15, -0.1) is 11.3 Å². The number of aryl methyl sites for hydroxylation is 2. The predicted octanol–water partition coefficient (Wildman–Crippen LogP) is 2.08. The second-order valence-corrected chi connectivity index (χ2v) is 6.81. The van der Waals surface area contributed by atoms with Crippen LogP contribution in [0.15, 0.2) is 6.07 Å². The first-order valence-electron chi connectivity index (χ1n) is 7.08. The van der Waals surface area contributed by atoms with E-state index in [0.29, 0.717) is 0 Å². The van der Waals surface area contributed by atoms with E-state index in [9.17, 15) is 14.4 Å². The third-order valence-corrected chi connectivity index (χ3v) is 4.62. The molecule has 1 fully saturated rings. The van der Waals surface area contributed by atoms with Crippen LogP contribution in [-0.2, 0) is 14.4 Å². The molecule has 0 unspecified atom stereocenters. The summed E-state index contributed by atoms with van der Waals surface area (Å²) in [6, 6.07) is 2.02. The lowest BCUT2D eigenvalue weighted by Gasteiger charge is -2.16. The Morgan fingerprint density at radius 1 is 1.33 bits per heavy atom. The van der Waals surface area contributed by atoms with Crippen molar-refractivity contribution in [2.24, 2.45) is 0 Å². The quantitative estimate of drug-likeness (QED) is 0.847. The van der Waals surface area contributed by atoms with E-state index < -0.39 is 0 Å². The van der Waals surface area contributed by atoms with E-state index in [0.717, 1.165) is 5.56 Å². The van der Waals surface area contributed by atoms with Crippen molar-refractivity contribution in [3.8, 4) is 0 Å². The Hall–Kier alpha value is -1.69. The average Bonchev–Trinajstić information content (AvgIpc) is 2.90. The van der Waals surface area contributed by atoms with Crippen molar-refractivity contribution >= 4 is 29.1 Å². The number of carbonyl (C=O) groups is 3. The van der Waals surface area contributed by atoms with Crippen LogP contribution in [0.25, 0.3) is 0 Å². The largest absolute Gasteiger partial charge is 0.349 e. The molecule has 21 heavy (non-hydrogen) atoms. The van der Waals surface area contributed by atoms with Gasteiger partial charge in [-0.25, -0.2) is 0 Å². The first kappa shape index (κ1) is 15.7. The number of hydrogen-bond acceptors (Lipinski definition) is 4. The zero-order valence-corrected chi connectivity index (χ0v) is 13.4. The van der Waals surface area contributed by atoms with Gasteiger partial charge < -0.3 is 5.32 Å². The van der Waals surface area contributed by atoms with E-state index in [4.69, 9.17) is 0 Å². The number of imide groups is 1. The van der Waals surface area contributed by atoms with Gasteiger partial charge in [0.1, 0.15) is 0 Å². The lowest BCUT2D eigenvalue weighted by Crippen LogP contribution is -2.34. The van der Waals surface area contributed by atoms with Gasteiger partial charge >= 0.3 is 0 Å². The first-order chi connectivity index (χ1) is 9.88. The van der Waals surface area contributed by atoms with Crippen molar-refractivity contribution in [2.45, 2.75) is 46.1 Å². The van der Waals surface area contributed by atoms with Crippen molar-refractivity contribution in [3.63, 3.8) is 0 Å². The lowest BCUT2D eigenvalue weighted by atomic mass is 10.1. The molecule has 2 rings (SSSR count). The third kappa shape index (κ3) is 3.69. The average molecular weight is 308 g/mol. The maximum atomic E-state index is 12.0. The number of hydrogen-bond donors (Lipinski definition) is 1. The van der Waals surface area contributed by atoms with Crippen LogP contribution >= 0.6 is 11.3 Å². The first-order valence-corrected chi connectivity index (χ1v) is 7.89. The topological polar surface area (TPSA) is 66.5 Å². The molecule has 1 aromatic rings. The standard InChI is InChI=1S/C15H20N2O3S/c1-9-8-12(11(3)21-9)10(2)16-13(18)6-7-17-14(19)4-5-15(17)20/h8,10H,4-7H2,1-3H3,(H,16,18)/t10-/m0/s1. The number of thiophene rings is 1. The molecular weight excluding hydrogens is 288 g/mol. The van der Waals surface area contributed by atoms with E-state index in [1.54, 1.807) is 11.3 Å². The molecule has 1 aromatic heterocycles. The molecule has 3 amide bonds. The Labute approximate surface area is 128 Å². The smallest absolute Gasteiger partial charge is 0.229 e. The van der Waals surface area contributed by atoms with Crippen molar-refractivity contribution in [2.75, 3.05) is 6.54 Å². The summed E-state index contributed by atoms with van der Waals surface area (Å²) in [5.41, 5.74) is 1.12. The second-order valence-electron chi connectivity index (χ2n) is 5.35. The molecule has 0 saturated carbocycles. The van der Waals surface area contributed by atoms with Gasteiger partial charge in [0.2, 0.25) is 17.7 Å². The van der Waals surface area contributed by atoms with Crippen LogP contribution in [0.1, 0.15) is 47.5 Å². The van der Waals surface area contributed by atoms with E-state index in [2.05, 4.69) is 11.4 Å². The number of amides is 3. The molecule has 0 radical (unpaired) electrons.